The molecule has 1 unspecified atom stereocenters. The van der Waals surface area contributed by atoms with Crippen LogP contribution in [0.25, 0.3) is 21.6 Å². The topological polar surface area (TPSA) is 90.7 Å². The van der Waals surface area contributed by atoms with Crippen molar-refractivity contribution in [1.29, 1.82) is 0 Å². The van der Waals surface area contributed by atoms with E-state index in [1.54, 1.807) is 12.4 Å². The van der Waals surface area contributed by atoms with Crippen LogP contribution in [0.3, 0.4) is 0 Å². The summed E-state index contributed by atoms with van der Waals surface area (Å²) in [7, 11) is 0. The second-order valence-electron chi connectivity index (χ2n) is 6.32. The number of hydrogen-bond donors (Lipinski definition) is 2. The zero-order valence-corrected chi connectivity index (χ0v) is 14.4. The van der Waals surface area contributed by atoms with Gasteiger partial charge in [-0.15, -0.1) is 11.3 Å². The Balaban J connectivity index is 1.91. The second kappa shape index (κ2) is 6.55. The van der Waals surface area contributed by atoms with E-state index in [0.29, 0.717) is 13.0 Å². The Bertz CT molecular complexity index is 859. The van der Waals surface area contributed by atoms with Gasteiger partial charge in [0.15, 0.2) is 5.82 Å². The molecule has 4 rings (SSSR count). The lowest BCUT2D eigenvalue weighted by Crippen LogP contribution is -2.32. The fourth-order valence-electron chi connectivity index (χ4n) is 3.34. The summed E-state index contributed by atoms with van der Waals surface area (Å²) < 4.78 is 0. The first-order chi connectivity index (χ1) is 11.8. The molecule has 3 heterocycles. The quantitative estimate of drug-likeness (QED) is 0.762. The fourth-order valence-corrected chi connectivity index (χ4v) is 4.62. The van der Waals surface area contributed by atoms with E-state index in [1.165, 1.54) is 28.7 Å². The first-order valence-corrected chi connectivity index (χ1v) is 9.25. The van der Waals surface area contributed by atoms with Crippen LogP contribution in [0.15, 0.2) is 24.5 Å². The predicted molar refractivity (Wildman–Crippen MR) is 98.0 cm³/mol. The van der Waals surface area contributed by atoms with Gasteiger partial charge in [0, 0.05) is 47.2 Å². The highest BCUT2D eigenvalue weighted by Crippen LogP contribution is 2.38. The molecule has 24 heavy (non-hydrogen) atoms. The highest BCUT2D eigenvalue weighted by molar-refractivity contribution is 7.18. The van der Waals surface area contributed by atoms with Gasteiger partial charge in [0.05, 0.1) is 5.69 Å². The van der Waals surface area contributed by atoms with Crippen molar-refractivity contribution < 1.29 is 0 Å². The molecular formula is C18H21N5S. The molecule has 0 aliphatic heterocycles. The summed E-state index contributed by atoms with van der Waals surface area (Å²) in [5, 5.41) is 1.23. The van der Waals surface area contributed by atoms with Crippen LogP contribution in [0.1, 0.15) is 29.0 Å². The van der Waals surface area contributed by atoms with Crippen molar-refractivity contribution in [3.05, 3.63) is 40.7 Å². The summed E-state index contributed by atoms with van der Waals surface area (Å²) in [6, 6.07) is 3.82. The number of fused-ring (bicyclic) bond motifs is 3. The normalized spacial score (nSPS) is 15.4. The highest BCUT2D eigenvalue weighted by Gasteiger charge is 2.22. The van der Waals surface area contributed by atoms with Crippen LogP contribution in [-0.4, -0.2) is 27.5 Å². The zero-order valence-electron chi connectivity index (χ0n) is 13.5. The van der Waals surface area contributed by atoms with Crippen molar-refractivity contribution >= 4 is 21.6 Å². The number of hydrogen-bond acceptors (Lipinski definition) is 6. The monoisotopic (exact) mass is 339 g/mol. The molecule has 6 heteroatoms. The van der Waals surface area contributed by atoms with E-state index in [2.05, 4.69) is 4.98 Å². The van der Waals surface area contributed by atoms with Crippen LogP contribution in [-0.2, 0) is 19.3 Å². The van der Waals surface area contributed by atoms with E-state index in [-0.39, 0.29) is 6.04 Å². The third-order valence-corrected chi connectivity index (χ3v) is 5.77. The summed E-state index contributed by atoms with van der Waals surface area (Å²) in [6.07, 6.45) is 9.02. The number of pyridine rings is 1. The van der Waals surface area contributed by atoms with Crippen LogP contribution in [0, 0.1) is 0 Å². The molecule has 0 aromatic carbocycles. The number of aromatic nitrogens is 3. The maximum absolute atomic E-state index is 6.14. The minimum atomic E-state index is -0.0764. The summed E-state index contributed by atoms with van der Waals surface area (Å²) in [5.74, 6) is 0.753. The van der Waals surface area contributed by atoms with Gasteiger partial charge in [-0.05, 0) is 43.4 Å². The Morgan fingerprint density at radius 3 is 2.71 bits per heavy atom. The summed E-state index contributed by atoms with van der Waals surface area (Å²) >= 11 is 1.82. The molecule has 0 fully saturated rings. The average Bonchev–Trinajstić information content (AvgIpc) is 3.01. The van der Waals surface area contributed by atoms with Gasteiger partial charge in [-0.1, -0.05) is 0 Å². The van der Waals surface area contributed by atoms with Gasteiger partial charge < -0.3 is 11.5 Å². The molecule has 0 amide bonds. The van der Waals surface area contributed by atoms with E-state index in [9.17, 15) is 0 Å². The minimum Gasteiger partial charge on any atom is -0.329 e. The Morgan fingerprint density at radius 1 is 1.12 bits per heavy atom. The highest BCUT2D eigenvalue weighted by atomic mass is 32.1. The van der Waals surface area contributed by atoms with Crippen LogP contribution in [0.4, 0.5) is 0 Å². The third kappa shape index (κ3) is 2.81. The van der Waals surface area contributed by atoms with Crippen molar-refractivity contribution in [2.75, 3.05) is 6.54 Å². The van der Waals surface area contributed by atoms with E-state index in [4.69, 9.17) is 21.4 Å². The first-order valence-electron chi connectivity index (χ1n) is 8.43. The molecule has 124 valence electrons. The van der Waals surface area contributed by atoms with Crippen molar-refractivity contribution in [3.8, 4) is 11.4 Å². The first kappa shape index (κ1) is 15.6. The minimum absolute atomic E-state index is 0.0764. The van der Waals surface area contributed by atoms with Crippen molar-refractivity contribution in [3.63, 3.8) is 0 Å². The molecule has 0 spiro atoms. The lowest BCUT2D eigenvalue weighted by Gasteiger charge is -2.14. The molecule has 3 aromatic heterocycles. The molecule has 3 aromatic rings. The number of rotatable bonds is 4. The third-order valence-electron chi connectivity index (χ3n) is 4.59. The summed E-state index contributed by atoms with van der Waals surface area (Å²) in [4.78, 5) is 16.4. The summed E-state index contributed by atoms with van der Waals surface area (Å²) in [6.45, 7) is 0.461. The second-order valence-corrected chi connectivity index (χ2v) is 7.40. The van der Waals surface area contributed by atoms with E-state index >= 15 is 0 Å². The van der Waals surface area contributed by atoms with Crippen LogP contribution >= 0.6 is 11.3 Å². The molecule has 1 aliphatic carbocycles. The largest absolute Gasteiger partial charge is 0.329 e. The number of thiophene rings is 1. The molecule has 4 N–H and O–H groups in total. The number of nitrogens with zero attached hydrogens (tertiary/aromatic N) is 3. The molecule has 0 saturated carbocycles. The van der Waals surface area contributed by atoms with E-state index in [0.717, 1.165) is 34.8 Å². The number of aryl methyl sites for hydroxylation is 2. The van der Waals surface area contributed by atoms with Gasteiger partial charge >= 0.3 is 0 Å². The van der Waals surface area contributed by atoms with Gasteiger partial charge in [0.1, 0.15) is 4.83 Å². The van der Waals surface area contributed by atoms with Crippen LogP contribution in [0.2, 0.25) is 0 Å². The maximum Gasteiger partial charge on any atom is 0.161 e. The molecule has 5 nitrogen and oxygen atoms in total. The Kier molecular flexibility index (Phi) is 4.26. The molecule has 1 atom stereocenters. The Labute approximate surface area is 145 Å². The predicted octanol–water partition coefficient (Wildman–Crippen LogP) is 2.46. The van der Waals surface area contributed by atoms with Crippen LogP contribution < -0.4 is 11.5 Å². The zero-order chi connectivity index (χ0) is 16.5. The van der Waals surface area contributed by atoms with Gasteiger partial charge in [-0.3, -0.25) is 4.98 Å². The van der Waals surface area contributed by atoms with Crippen molar-refractivity contribution in [2.24, 2.45) is 11.5 Å². The molecule has 0 bridgehead atoms. The lowest BCUT2D eigenvalue weighted by molar-refractivity contribution is 0.668. The molecule has 0 radical (unpaired) electrons. The Morgan fingerprint density at radius 2 is 1.92 bits per heavy atom. The maximum atomic E-state index is 6.14. The molecule has 0 saturated heterocycles. The summed E-state index contributed by atoms with van der Waals surface area (Å²) in [5.41, 5.74) is 15.4. The average molecular weight is 339 g/mol. The van der Waals surface area contributed by atoms with Crippen molar-refractivity contribution in [2.45, 2.75) is 38.1 Å². The van der Waals surface area contributed by atoms with Crippen molar-refractivity contribution in [1.82, 2.24) is 15.0 Å². The fraction of sp³-hybridized carbons (Fsp3) is 0.389. The number of nitrogens with two attached hydrogens (primary N) is 2. The SMILES string of the molecule is NCC(N)Cc1nc(-c2ccncc2)nc2sc3c(c12)CCCC3. The molecular weight excluding hydrogens is 318 g/mol. The Hall–Kier alpha value is -1.89. The standard InChI is InChI=1S/C18H21N5S/c19-10-12(20)9-14-16-13-3-1-2-4-15(13)24-18(16)23-17(22-14)11-5-7-21-8-6-11/h5-8,12H,1-4,9-10,19-20H2. The molecule has 1 aliphatic rings. The van der Waals surface area contributed by atoms with Gasteiger partial charge in [0.25, 0.3) is 0 Å². The van der Waals surface area contributed by atoms with Gasteiger partial charge in [-0.2, -0.15) is 0 Å². The lowest BCUT2D eigenvalue weighted by atomic mass is 9.95. The van der Waals surface area contributed by atoms with Crippen LogP contribution in [0.5, 0.6) is 0 Å². The van der Waals surface area contributed by atoms with E-state index in [1.807, 2.05) is 23.5 Å². The van der Waals surface area contributed by atoms with Gasteiger partial charge in [-0.25, -0.2) is 9.97 Å². The smallest absolute Gasteiger partial charge is 0.161 e. The van der Waals surface area contributed by atoms with E-state index < -0.39 is 0 Å². The van der Waals surface area contributed by atoms with Gasteiger partial charge in [0.2, 0.25) is 0 Å².